The van der Waals surface area contributed by atoms with Crippen molar-refractivity contribution in [2.75, 3.05) is 13.6 Å². The first-order chi connectivity index (χ1) is 12.8. The number of nitrogens with zero attached hydrogens (tertiary/aromatic N) is 1. The van der Waals surface area contributed by atoms with Gasteiger partial charge in [0.15, 0.2) is 5.96 Å². The maximum Gasteiger partial charge on any atom is 0.248 e. The lowest BCUT2D eigenvalue weighted by molar-refractivity contribution is 0.100. The second-order valence-electron chi connectivity index (χ2n) is 7.61. The molecule has 0 atom stereocenters. The third kappa shape index (κ3) is 7.50. The van der Waals surface area contributed by atoms with Gasteiger partial charge in [0.1, 0.15) is 0 Å². The van der Waals surface area contributed by atoms with Crippen LogP contribution in [0.1, 0.15) is 47.8 Å². The van der Waals surface area contributed by atoms with Crippen molar-refractivity contribution in [1.82, 2.24) is 10.6 Å². The maximum absolute atomic E-state index is 11.1. The van der Waals surface area contributed by atoms with E-state index in [9.17, 15) is 4.79 Å². The van der Waals surface area contributed by atoms with Gasteiger partial charge < -0.3 is 16.4 Å². The van der Waals surface area contributed by atoms with E-state index < -0.39 is 5.91 Å². The number of carbonyl (C=O) groups is 1. The molecule has 0 fully saturated rings. The highest BCUT2D eigenvalue weighted by molar-refractivity contribution is 14.0. The van der Waals surface area contributed by atoms with Crippen LogP contribution in [0.3, 0.4) is 0 Å². The minimum atomic E-state index is -0.414. The molecule has 152 valence electrons. The van der Waals surface area contributed by atoms with Gasteiger partial charge in [0.2, 0.25) is 5.91 Å². The molecular formula is C22H31IN4O. The van der Waals surface area contributed by atoms with E-state index in [1.54, 1.807) is 19.2 Å². The Hall–Kier alpha value is -2.09. The molecule has 0 aliphatic heterocycles. The van der Waals surface area contributed by atoms with Crippen LogP contribution in [0.25, 0.3) is 0 Å². The van der Waals surface area contributed by atoms with Gasteiger partial charge in [0, 0.05) is 25.7 Å². The zero-order chi connectivity index (χ0) is 19.9. The Morgan fingerprint density at radius 1 is 0.964 bits per heavy atom. The fourth-order valence-corrected chi connectivity index (χ4v) is 2.69. The first kappa shape index (κ1) is 23.9. The van der Waals surface area contributed by atoms with Crippen molar-refractivity contribution in [3.63, 3.8) is 0 Å². The number of amides is 1. The lowest BCUT2D eigenvalue weighted by Gasteiger charge is -2.19. The van der Waals surface area contributed by atoms with Gasteiger partial charge in [-0.2, -0.15) is 0 Å². The van der Waals surface area contributed by atoms with Gasteiger partial charge in [0.25, 0.3) is 0 Å². The summed E-state index contributed by atoms with van der Waals surface area (Å²) in [5, 5.41) is 6.60. The smallest absolute Gasteiger partial charge is 0.248 e. The van der Waals surface area contributed by atoms with Crippen molar-refractivity contribution in [1.29, 1.82) is 0 Å². The minimum absolute atomic E-state index is 0. The summed E-state index contributed by atoms with van der Waals surface area (Å²) in [7, 11) is 1.75. The molecule has 28 heavy (non-hydrogen) atoms. The topological polar surface area (TPSA) is 79.5 Å². The summed E-state index contributed by atoms with van der Waals surface area (Å²) in [6.07, 6.45) is 0.929. The highest BCUT2D eigenvalue weighted by Crippen LogP contribution is 2.22. The molecule has 0 unspecified atom stereocenters. The molecule has 4 N–H and O–H groups in total. The fraction of sp³-hybridized carbons (Fsp3) is 0.364. The number of nitrogens with one attached hydrogen (secondary N) is 2. The number of rotatable bonds is 6. The molecule has 0 spiro atoms. The van der Waals surface area contributed by atoms with Gasteiger partial charge in [-0.1, -0.05) is 57.2 Å². The Kier molecular flexibility index (Phi) is 9.45. The maximum atomic E-state index is 11.1. The molecule has 2 aromatic carbocycles. The van der Waals surface area contributed by atoms with Gasteiger partial charge in [-0.3, -0.25) is 9.79 Å². The Balaban J connectivity index is 0.00000392. The van der Waals surface area contributed by atoms with Crippen LogP contribution in [-0.4, -0.2) is 25.5 Å². The number of primary amides is 1. The average molecular weight is 494 g/mol. The number of carbonyl (C=O) groups excluding carboxylic acids is 1. The summed E-state index contributed by atoms with van der Waals surface area (Å²) in [5.74, 6) is 0.336. The SMILES string of the molecule is CN=C(NCCc1ccc(C(C)(C)C)cc1)NCc1ccc(C(N)=O)cc1.I. The summed E-state index contributed by atoms with van der Waals surface area (Å²) in [6.45, 7) is 8.09. The number of benzene rings is 2. The Morgan fingerprint density at radius 2 is 1.54 bits per heavy atom. The zero-order valence-electron chi connectivity index (χ0n) is 17.1. The summed E-state index contributed by atoms with van der Waals surface area (Å²) in [5.41, 5.74) is 9.65. The third-order valence-corrected chi connectivity index (χ3v) is 4.45. The fourth-order valence-electron chi connectivity index (χ4n) is 2.69. The number of hydrogen-bond donors (Lipinski definition) is 3. The van der Waals surface area contributed by atoms with Crippen LogP contribution in [0, 0.1) is 0 Å². The van der Waals surface area contributed by atoms with Crippen molar-refractivity contribution in [3.05, 3.63) is 70.8 Å². The molecule has 6 heteroatoms. The predicted molar refractivity (Wildman–Crippen MR) is 127 cm³/mol. The van der Waals surface area contributed by atoms with E-state index in [1.807, 2.05) is 12.1 Å². The van der Waals surface area contributed by atoms with Gasteiger partial charge in [-0.05, 0) is 40.7 Å². The highest BCUT2D eigenvalue weighted by atomic mass is 127. The lowest BCUT2D eigenvalue weighted by atomic mass is 9.86. The molecule has 0 heterocycles. The van der Waals surface area contributed by atoms with Crippen molar-refractivity contribution >= 4 is 35.8 Å². The number of nitrogens with two attached hydrogens (primary N) is 1. The summed E-state index contributed by atoms with van der Waals surface area (Å²) in [6, 6.07) is 16.0. The second kappa shape index (κ2) is 11.0. The number of guanidine groups is 1. The Bertz CT molecular complexity index is 778. The number of hydrogen-bond acceptors (Lipinski definition) is 2. The average Bonchev–Trinajstić information content (AvgIpc) is 2.64. The number of halogens is 1. The first-order valence-electron chi connectivity index (χ1n) is 9.22. The second-order valence-corrected chi connectivity index (χ2v) is 7.61. The largest absolute Gasteiger partial charge is 0.366 e. The molecule has 0 aliphatic rings. The van der Waals surface area contributed by atoms with Crippen LogP contribution in [-0.2, 0) is 18.4 Å². The normalized spacial score (nSPS) is 11.5. The van der Waals surface area contributed by atoms with Crippen molar-refractivity contribution in [2.24, 2.45) is 10.7 Å². The molecule has 0 saturated heterocycles. The lowest BCUT2D eigenvalue weighted by Crippen LogP contribution is -2.37. The van der Waals surface area contributed by atoms with Crippen LogP contribution in [0.15, 0.2) is 53.5 Å². The predicted octanol–water partition coefficient (Wildman–Crippen LogP) is 3.61. The van der Waals surface area contributed by atoms with E-state index >= 15 is 0 Å². The van der Waals surface area contributed by atoms with Crippen LogP contribution >= 0.6 is 24.0 Å². The third-order valence-electron chi connectivity index (χ3n) is 4.45. The molecule has 1 amide bonds. The highest BCUT2D eigenvalue weighted by Gasteiger charge is 2.12. The monoisotopic (exact) mass is 494 g/mol. The Morgan fingerprint density at radius 3 is 2.04 bits per heavy atom. The molecular weight excluding hydrogens is 463 g/mol. The van der Waals surface area contributed by atoms with Gasteiger partial charge in [-0.25, -0.2) is 0 Å². The Labute approximate surface area is 185 Å². The van der Waals surface area contributed by atoms with Gasteiger partial charge in [0.05, 0.1) is 0 Å². The molecule has 0 aliphatic carbocycles. The zero-order valence-corrected chi connectivity index (χ0v) is 19.4. The standard InChI is InChI=1S/C22H30N4O.HI/c1-22(2,3)19-11-7-16(8-12-19)13-14-25-21(24-4)26-15-17-5-9-18(10-6-17)20(23)27;/h5-12H,13-15H2,1-4H3,(H2,23,27)(H2,24,25,26);1H. The van der Waals surface area contributed by atoms with E-state index in [-0.39, 0.29) is 29.4 Å². The molecule has 2 rings (SSSR count). The van der Waals surface area contributed by atoms with Crippen molar-refractivity contribution < 1.29 is 4.79 Å². The molecule has 2 aromatic rings. The summed E-state index contributed by atoms with van der Waals surface area (Å²) >= 11 is 0. The van der Waals surface area contributed by atoms with Crippen LogP contribution in [0.2, 0.25) is 0 Å². The van der Waals surface area contributed by atoms with Crippen LogP contribution < -0.4 is 16.4 Å². The van der Waals surface area contributed by atoms with Gasteiger partial charge in [-0.15, -0.1) is 24.0 Å². The quantitative estimate of drug-likeness (QED) is 0.326. The van der Waals surface area contributed by atoms with E-state index in [0.717, 1.165) is 24.5 Å². The summed E-state index contributed by atoms with van der Waals surface area (Å²) in [4.78, 5) is 15.4. The van der Waals surface area contributed by atoms with E-state index in [0.29, 0.717) is 12.1 Å². The number of aliphatic imine (C=N–C) groups is 1. The summed E-state index contributed by atoms with van der Waals surface area (Å²) < 4.78 is 0. The van der Waals surface area contributed by atoms with Crippen LogP contribution in [0.4, 0.5) is 0 Å². The van der Waals surface area contributed by atoms with E-state index in [4.69, 9.17) is 5.73 Å². The van der Waals surface area contributed by atoms with Crippen molar-refractivity contribution in [3.8, 4) is 0 Å². The van der Waals surface area contributed by atoms with Crippen molar-refractivity contribution in [2.45, 2.75) is 39.2 Å². The van der Waals surface area contributed by atoms with Crippen LogP contribution in [0.5, 0.6) is 0 Å². The minimum Gasteiger partial charge on any atom is -0.366 e. The van der Waals surface area contributed by atoms with E-state index in [1.165, 1.54) is 11.1 Å². The first-order valence-corrected chi connectivity index (χ1v) is 9.22. The molecule has 5 nitrogen and oxygen atoms in total. The van der Waals surface area contributed by atoms with Gasteiger partial charge >= 0.3 is 0 Å². The molecule has 0 aromatic heterocycles. The molecule has 0 radical (unpaired) electrons. The van der Waals surface area contributed by atoms with E-state index in [2.05, 4.69) is 60.7 Å². The molecule has 0 bridgehead atoms. The molecule has 0 saturated carbocycles.